The van der Waals surface area contributed by atoms with E-state index >= 15 is 0 Å². The van der Waals surface area contributed by atoms with Crippen molar-refractivity contribution in [2.75, 3.05) is 0 Å². The Hall–Kier alpha value is -1.81. The summed E-state index contributed by atoms with van der Waals surface area (Å²) in [6.45, 7) is 5.99. The second-order valence-electron chi connectivity index (χ2n) is 5.39. The Kier molecular flexibility index (Phi) is 4.10. The third kappa shape index (κ3) is 3.27. The molecule has 2 aromatic rings. The van der Waals surface area contributed by atoms with Crippen LogP contribution < -0.4 is 5.73 Å². The van der Waals surface area contributed by atoms with Crippen LogP contribution in [0.5, 0.6) is 0 Å². The number of halogens is 3. The van der Waals surface area contributed by atoms with E-state index in [1.807, 2.05) is 26.8 Å². The largest absolute Gasteiger partial charge is 0.416 e. The lowest BCUT2D eigenvalue weighted by Crippen LogP contribution is -2.14. The van der Waals surface area contributed by atoms with E-state index in [9.17, 15) is 13.2 Å². The van der Waals surface area contributed by atoms with Crippen LogP contribution in [0.2, 0.25) is 0 Å². The second kappa shape index (κ2) is 5.53. The summed E-state index contributed by atoms with van der Waals surface area (Å²) < 4.78 is 37.7. The van der Waals surface area contributed by atoms with Gasteiger partial charge in [0.2, 0.25) is 0 Å². The molecular weight excluding hydrogens is 275 g/mol. The Morgan fingerprint density at radius 1 is 0.857 bits per heavy atom. The Labute approximate surface area is 122 Å². The van der Waals surface area contributed by atoms with Crippen LogP contribution in [-0.2, 0) is 6.18 Å². The topological polar surface area (TPSA) is 26.0 Å². The van der Waals surface area contributed by atoms with Crippen LogP contribution in [0, 0.1) is 20.8 Å². The molecule has 0 spiro atoms. The zero-order valence-corrected chi connectivity index (χ0v) is 12.3. The molecule has 0 aliphatic carbocycles. The molecule has 2 aromatic carbocycles. The molecule has 0 aliphatic heterocycles. The first kappa shape index (κ1) is 15.6. The minimum atomic E-state index is -4.32. The van der Waals surface area contributed by atoms with Gasteiger partial charge in [-0.1, -0.05) is 24.3 Å². The molecule has 112 valence electrons. The van der Waals surface area contributed by atoms with Crippen molar-refractivity contribution in [1.82, 2.24) is 0 Å². The van der Waals surface area contributed by atoms with Gasteiger partial charge in [-0.05, 0) is 60.7 Å². The number of hydrogen-bond acceptors (Lipinski definition) is 1. The van der Waals surface area contributed by atoms with Crippen molar-refractivity contribution in [2.24, 2.45) is 5.73 Å². The molecule has 21 heavy (non-hydrogen) atoms. The highest BCUT2D eigenvalue weighted by Crippen LogP contribution is 2.31. The summed E-state index contributed by atoms with van der Waals surface area (Å²) >= 11 is 0. The molecule has 0 bridgehead atoms. The average molecular weight is 293 g/mol. The lowest BCUT2D eigenvalue weighted by atomic mass is 9.92. The maximum atomic E-state index is 12.6. The summed E-state index contributed by atoms with van der Waals surface area (Å²) in [5.74, 6) is 0. The molecule has 0 aliphatic rings. The Morgan fingerprint density at radius 2 is 1.38 bits per heavy atom. The zero-order chi connectivity index (χ0) is 15.8. The van der Waals surface area contributed by atoms with Gasteiger partial charge in [0.1, 0.15) is 0 Å². The molecule has 1 unspecified atom stereocenters. The minimum Gasteiger partial charge on any atom is -0.320 e. The first-order valence-electron chi connectivity index (χ1n) is 6.70. The van der Waals surface area contributed by atoms with Gasteiger partial charge in [-0.25, -0.2) is 0 Å². The van der Waals surface area contributed by atoms with Crippen LogP contribution >= 0.6 is 0 Å². The van der Waals surface area contributed by atoms with E-state index in [0.717, 1.165) is 28.8 Å². The lowest BCUT2D eigenvalue weighted by Gasteiger charge is -2.18. The van der Waals surface area contributed by atoms with E-state index in [1.54, 1.807) is 0 Å². The molecule has 0 saturated heterocycles. The van der Waals surface area contributed by atoms with Crippen molar-refractivity contribution in [3.63, 3.8) is 0 Å². The van der Waals surface area contributed by atoms with Gasteiger partial charge >= 0.3 is 6.18 Å². The van der Waals surface area contributed by atoms with Gasteiger partial charge in [0.05, 0.1) is 11.6 Å². The van der Waals surface area contributed by atoms with Crippen molar-refractivity contribution >= 4 is 0 Å². The zero-order valence-electron chi connectivity index (χ0n) is 12.3. The summed E-state index contributed by atoms with van der Waals surface area (Å²) in [5.41, 5.74) is 10.5. The number of aryl methyl sites for hydroxylation is 3. The van der Waals surface area contributed by atoms with Gasteiger partial charge in [-0.3, -0.25) is 0 Å². The van der Waals surface area contributed by atoms with Gasteiger partial charge < -0.3 is 5.73 Å². The van der Waals surface area contributed by atoms with E-state index in [1.165, 1.54) is 17.7 Å². The second-order valence-corrected chi connectivity index (χ2v) is 5.39. The van der Waals surface area contributed by atoms with E-state index in [2.05, 4.69) is 6.07 Å². The Bertz CT molecular complexity index is 642. The van der Waals surface area contributed by atoms with Gasteiger partial charge in [0.15, 0.2) is 0 Å². The normalized spacial score (nSPS) is 13.3. The van der Waals surface area contributed by atoms with Crippen LogP contribution in [-0.4, -0.2) is 0 Å². The fraction of sp³-hybridized carbons (Fsp3) is 0.294. The fourth-order valence-corrected chi connectivity index (χ4v) is 2.38. The van der Waals surface area contributed by atoms with Crippen LogP contribution in [0.4, 0.5) is 13.2 Å². The highest BCUT2D eigenvalue weighted by molar-refractivity contribution is 5.42. The number of nitrogens with two attached hydrogens (primary N) is 1. The van der Waals surface area contributed by atoms with Gasteiger partial charge in [0, 0.05) is 0 Å². The van der Waals surface area contributed by atoms with Crippen molar-refractivity contribution in [2.45, 2.75) is 33.0 Å². The quantitative estimate of drug-likeness (QED) is 0.855. The number of hydrogen-bond donors (Lipinski definition) is 1. The fourth-order valence-electron chi connectivity index (χ4n) is 2.38. The van der Waals surface area contributed by atoms with Crippen molar-refractivity contribution in [3.8, 4) is 0 Å². The summed E-state index contributed by atoms with van der Waals surface area (Å²) in [4.78, 5) is 0. The molecule has 0 saturated carbocycles. The van der Waals surface area contributed by atoms with Crippen molar-refractivity contribution in [3.05, 3.63) is 69.8 Å². The maximum Gasteiger partial charge on any atom is 0.416 e. The molecule has 4 heteroatoms. The van der Waals surface area contributed by atoms with E-state index < -0.39 is 17.8 Å². The molecule has 0 amide bonds. The smallest absolute Gasteiger partial charge is 0.320 e. The number of rotatable bonds is 2. The average Bonchev–Trinajstić information content (AvgIpc) is 2.41. The molecule has 0 radical (unpaired) electrons. The summed E-state index contributed by atoms with van der Waals surface area (Å²) in [6, 6.07) is 8.68. The van der Waals surface area contributed by atoms with Gasteiger partial charge in [0.25, 0.3) is 0 Å². The molecule has 0 aromatic heterocycles. The maximum absolute atomic E-state index is 12.6. The third-order valence-electron chi connectivity index (χ3n) is 3.81. The molecule has 2 rings (SSSR count). The van der Waals surface area contributed by atoms with Crippen LogP contribution in [0.3, 0.4) is 0 Å². The predicted octanol–water partition coefficient (Wildman–Crippen LogP) is 4.68. The Balaban J connectivity index is 2.36. The van der Waals surface area contributed by atoms with Crippen LogP contribution in [0.25, 0.3) is 0 Å². The van der Waals surface area contributed by atoms with E-state index in [-0.39, 0.29) is 0 Å². The Morgan fingerprint density at radius 3 is 1.90 bits per heavy atom. The number of alkyl halides is 3. The van der Waals surface area contributed by atoms with E-state index in [4.69, 9.17) is 5.73 Å². The van der Waals surface area contributed by atoms with Gasteiger partial charge in [-0.15, -0.1) is 0 Å². The van der Waals surface area contributed by atoms with E-state index in [0.29, 0.717) is 5.56 Å². The first-order chi connectivity index (χ1) is 9.70. The summed E-state index contributed by atoms with van der Waals surface area (Å²) in [5, 5.41) is 0. The monoisotopic (exact) mass is 293 g/mol. The lowest BCUT2D eigenvalue weighted by molar-refractivity contribution is -0.137. The summed E-state index contributed by atoms with van der Waals surface area (Å²) in [6.07, 6.45) is -4.32. The molecule has 0 fully saturated rings. The molecule has 2 N–H and O–H groups in total. The third-order valence-corrected chi connectivity index (χ3v) is 3.81. The van der Waals surface area contributed by atoms with Crippen LogP contribution in [0.1, 0.15) is 39.4 Å². The summed E-state index contributed by atoms with van der Waals surface area (Å²) in [7, 11) is 0. The highest BCUT2D eigenvalue weighted by Gasteiger charge is 2.30. The SMILES string of the molecule is Cc1cc(C)c(C(N)c2ccc(C(F)(F)F)cc2)cc1C. The molecule has 1 nitrogen and oxygen atoms in total. The minimum absolute atomic E-state index is 0.424. The van der Waals surface area contributed by atoms with Crippen molar-refractivity contribution < 1.29 is 13.2 Å². The predicted molar refractivity (Wildman–Crippen MR) is 78.1 cm³/mol. The number of benzene rings is 2. The van der Waals surface area contributed by atoms with Crippen LogP contribution in [0.15, 0.2) is 36.4 Å². The van der Waals surface area contributed by atoms with Gasteiger partial charge in [-0.2, -0.15) is 13.2 Å². The molecule has 1 atom stereocenters. The standard InChI is InChI=1S/C17H18F3N/c1-10-8-12(3)15(9-11(10)2)16(21)13-4-6-14(7-5-13)17(18,19)20/h4-9,16H,21H2,1-3H3. The molecular formula is C17H18F3N. The first-order valence-corrected chi connectivity index (χ1v) is 6.70. The van der Waals surface area contributed by atoms with Crippen molar-refractivity contribution in [1.29, 1.82) is 0 Å². The highest BCUT2D eigenvalue weighted by atomic mass is 19.4. The molecule has 0 heterocycles.